The molecular formula is C22H24ClN5O3S. The highest BCUT2D eigenvalue weighted by molar-refractivity contribution is 7.15. The number of carbonyl (C=O) groups is 1. The monoisotopic (exact) mass is 473 g/mol. The second-order valence-corrected chi connectivity index (χ2v) is 8.57. The van der Waals surface area contributed by atoms with E-state index in [9.17, 15) is 4.79 Å². The van der Waals surface area contributed by atoms with Gasteiger partial charge in [-0.2, -0.15) is 0 Å². The molecule has 0 fully saturated rings. The maximum Gasteiger partial charge on any atom is 0.409 e. The molecule has 4 rings (SSSR count). The maximum atomic E-state index is 12.2. The number of benzene rings is 1. The molecule has 0 saturated heterocycles. The summed E-state index contributed by atoms with van der Waals surface area (Å²) in [6.07, 6.45) is 0.287. The predicted octanol–water partition coefficient (Wildman–Crippen LogP) is 4.36. The minimum absolute atomic E-state index is 0.291. The Balaban J connectivity index is 1.68. The Hall–Kier alpha value is -2.91. The van der Waals surface area contributed by atoms with E-state index in [4.69, 9.17) is 26.1 Å². The van der Waals surface area contributed by atoms with Gasteiger partial charge < -0.3 is 14.4 Å². The van der Waals surface area contributed by atoms with Crippen LogP contribution < -0.4 is 4.74 Å². The van der Waals surface area contributed by atoms with Gasteiger partial charge in [-0.25, -0.2) is 9.36 Å². The molecule has 0 spiro atoms. The fourth-order valence-electron chi connectivity index (χ4n) is 3.56. The number of methoxy groups -OCH3 is 1. The zero-order valence-corrected chi connectivity index (χ0v) is 19.7. The van der Waals surface area contributed by atoms with Crippen LogP contribution in [0.1, 0.15) is 35.7 Å². The molecule has 0 radical (unpaired) electrons. The lowest BCUT2D eigenvalue weighted by molar-refractivity contribution is 0.107. The Bertz CT molecular complexity index is 1150. The maximum absolute atomic E-state index is 12.2. The van der Waals surface area contributed by atoms with E-state index in [2.05, 4.69) is 16.3 Å². The minimum Gasteiger partial charge on any atom is -0.467 e. The highest BCUT2D eigenvalue weighted by Crippen LogP contribution is 2.36. The van der Waals surface area contributed by atoms with Gasteiger partial charge in [0.25, 0.3) is 0 Å². The van der Waals surface area contributed by atoms with Crippen LogP contribution in [0.5, 0.6) is 6.01 Å². The highest BCUT2D eigenvalue weighted by atomic mass is 35.5. The van der Waals surface area contributed by atoms with Gasteiger partial charge in [0.05, 0.1) is 19.4 Å². The molecule has 1 aliphatic rings. The van der Waals surface area contributed by atoms with Crippen molar-refractivity contribution in [1.29, 1.82) is 0 Å². The van der Waals surface area contributed by atoms with Crippen molar-refractivity contribution in [3.63, 3.8) is 0 Å². The molecule has 0 saturated carbocycles. The second-order valence-electron chi connectivity index (χ2n) is 7.05. The normalized spacial score (nSPS) is 12.4. The van der Waals surface area contributed by atoms with Crippen molar-refractivity contribution in [2.45, 2.75) is 26.8 Å². The van der Waals surface area contributed by atoms with Crippen LogP contribution in [-0.2, 0) is 17.7 Å². The smallest absolute Gasteiger partial charge is 0.409 e. The van der Waals surface area contributed by atoms with Gasteiger partial charge in [0.2, 0.25) is 0 Å². The molecule has 168 valence electrons. The van der Waals surface area contributed by atoms with Crippen molar-refractivity contribution >= 4 is 34.7 Å². The van der Waals surface area contributed by atoms with Crippen molar-refractivity contribution in [3.05, 3.63) is 57.2 Å². The first-order valence-corrected chi connectivity index (χ1v) is 11.6. The van der Waals surface area contributed by atoms with Gasteiger partial charge in [0.1, 0.15) is 11.5 Å². The van der Waals surface area contributed by atoms with Gasteiger partial charge in [0.15, 0.2) is 5.82 Å². The summed E-state index contributed by atoms with van der Waals surface area (Å²) in [7, 11) is 1.57. The van der Waals surface area contributed by atoms with E-state index in [1.165, 1.54) is 0 Å². The standard InChI is InChI=1S/C22H24ClN5O3S/c1-4-27(5-2)22(29)31-11-10-14-12-16-19(15-8-6-7-9-17(15)23)24-13-18-25-26-21(30-3)28(18)20(16)32-14/h6-9,12H,4-5,10-11,13H2,1-3H3. The van der Waals surface area contributed by atoms with Crippen LogP contribution in [0, 0.1) is 0 Å². The lowest BCUT2D eigenvalue weighted by atomic mass is 10.0. The van der Waals surface area contributed by atoms with Crippen LogP contribution in [-0.4, -0.2) is 58.3 Å². The van der Waals surface area contributed by atoms with E-state index in [0.717, 1.165) is 26.7 Å². The molecular weight excluding hydrogens is 450 g/mol. The van der Waals surface area contributed by atoms with Gasteiger partial charge >= 0.3 is 12.1 Å². The van der Waals surface area contributed by atoms with Crippen LogP contribution in [0.25, 0.3) is 5.00 Å². The SMILES string of the molecule is CCN(CC)C(=O)OCCc1cc2c(s1)-n1c(nnc1OC)CN=C2c1ccccc1Cl. The third-order valence-electron chi connectivity index (χ3n) is 5.21. The van der Waals surface area contributed by atoms with Gasteiger partial charge in [-0.3, -0.25) is 4.99 Å². The summed E-state index contributed by atoms with van der Waals surface area (Å²) in [6, 6.07) is 10.1. The number of thiophene rings is 1. The van der Waals surface area contributed by atoms with Crippen LogP contribution in [0.4, 0.5) is 4.79 Å². The molecule has 32 heavy (non-hydrogen) atoms. The quantitative estimate of drug-likeness (QED) is 0.509. The zero-order valence-electron chi connectivity index (χ0n) is 18.2. The topological polar surface area (TPSA) is 81.8 Å². The number of nitrogens with zero attached hydrogens (tertiary/aromatic N) is 5. The van der Waals surface area contributed by atoms with Crippen molar-refractivity contribution in [2.24, 2.45) is 4.99 Å². The molecule has 2 aromatic heterocycles. The number of halogens is 1. The number of rotatable bonds is 7. The summed E-state index contributed by atoms with van der Waals surface area (Å²) in [4.78, 5) is 19.7. The Morgan fingerprint density at radius 3 is 2.72 bits per heavy atom. The summed E-state index contributed by atoms with van der Waals surface area (Å²) in [5.41, 5.74) is 2.57. The zero-order chi connectivity index (χ0) is 22.7. The lowest BCUT2D eigenvalue weighted by Gasteiger charge is -2.17. The summed E-state index contributed by atoms with van der Waals surface area (Å²) >= 11 is 8.08. The van der Waals surface area contributed by atoms with Crippen LogP contribution in [0.3, 0.4) is 0 Å². The molecule has 0 aliphatic carbocycles. The first-order chi connectivity index (χ1) is 15.6. The Morgan fingerprint density at radius 2 is 2.00 bits per heavy atom. The number of hydrogen-bond acceptors (Lipinski definition) is 7. The fraction of sp³-hybridized carbons (Fsp3) is 0.364. The Kier molecular flexibility index (Phi) is 6.76. The van der Waals surface area contributed by atoms with Gasteiger partial charge in [-0.15, -0.1) is 16.4 Å². The third-order valence-corrected chi connectivity index (χ3v) is 6.72. The summed E-state index contributed by atoms with van der Waals surface area (Å²) in [5, 5.41) is 9.91. The average molecular weight is 474 g/mol. The summed E-state index contributed by atoms with van der Waals surface area (Å²) < 4.78 is 12.8. The number of amides is 1. The van der Waals surface area contributed by atoms with E-state index in [1.807, 2.05) is 42.7 Å². The Labute approximate surface area is 195 Å². The number of fused-ring (bicyclic) bond motifs is 3. The third kappa shape index (κ3) is 4.22. The molecule has 1 amide bonds. The summed E-state index contributed by atoms with van der Waals surface area (Å²) in [6.45, 7) is 5.75. The molecule has 10 heteroatoms. The van der Waals surface area contributed by atoms with Gasteiger partial charge in [-0.1, -0.05) is 34.9 Å². The number of aromatic nitrogens is 3. The number of ether oxygens (including phenoxy) is 2. The minimum atomic E-state index is -0.297. The number of hydrogen-bond donors (Lipinski definition) is 0. The molecule has 3 heterocycles. The van der Waals surface area contributed by atoms with E-state index in [1.54, 1.807) is 23.3 Å². The number of aliphatic imine (C=N–C) groups is 1. The molecule has 0 unspecified atom stereocenters. The van der Waals surface area contributed by atoms with E-state index >= 15 is 0 Å². The average Bonchev–Trinajstić information content (AvgIpc) is 3.36. The van der Waals surface area contributed by atoms with Crippen molar-refractivity contribution in [2.75, 3.05) is 26.8 Å². The lowest BCUT2D eigenvalue weighted by Crippen LogP contribution is -2.31. The molecule has 0 bridgehead atoms. The molecule has 1 aromatic carbocycles. The molecule has 8 nitrogen and oxygen atoms in total. The van der Waals surface area contributed by atoms with Gasteiger partial charge in [0, 0.05) is 40.5 Å². The molecule has 0 N–H and O–H groups in total. The number of carbonyl (C=O) groups excluding carboxylic acids is 1. The summed E-state index contributed by atoms with van der Waals surface area (Å²) in [5.74, 6) is 0.687. The first-order valence-electron chi connectivity index (χ1n) is 10.4. The Morgan fingerprint density at radius 1 is 1.22 bits per heavy atom. The molecule has 0 atom stereocenters. The molecule has 3 aromatic rings. The largest absolute Gasteiger partial charge is 0.467 e. The molecule has 1 aliphatic heterocycles. The van der Waals surface area contributed by atoms with Crippen LogP contribution in [0.2, 0.25) is 5.02 Å². The highest BCUT2D eigenvalue weighted by Gasteiger charge is 2.27. The van der Waals surface area contributed by atoms with E-state index in [-0.39, 0.29) is 6.09 Å². The predicted molar refractivity (Wildman–Crippen MR) is 125 cm³/mol. The second kappa shape index (κ2) is 9.70. The van der Waals surface area contributed by atoms with Crippen molar-refractivity contribution in [1.82, 2.24) is 19.7 Å². The first kappa shape index (κ1) is 22.3. The van der Waals surface area contributed by atoms with E-state index < -0.39 is 0 Å². The van der Waals surface area contributed by atoms with Crippen LogP contribution >= 0.6 is 22.9 Å². The van der Waals surface area contributed by atoms with Crippen molar-refractivity contribution < 1.29 is 14.3 Å². The van der Waals surface area contributed by atoms with E-state index in [0.29, 0.717) is 49.5 Å². The van der Waals surface area contributed by atoms with Gasteiger partial charge in [-0.05, 0) is 26.0 Å². The van der Waals surface area contributed by atoms with Crippen LogP contribution in [0.15, 0.2) is 35.3 Å². The van der Waals surface area contributed by atoms with Crippen molar-refractivity contribution in [3.8, 4) is 11.0 Å². The fourth-order valence-corrected chi connectivity index (χ4v) is 4.94.